The van der Waals surface area contributed by atoms with Crippen LogP contribution >= 0.6 is 0 Å². The van der Waals surface area contributed by atoms with Crippen molar-refractivity contribution in [3.63, 3.8) is 0 Å². The Morgan fingerprint density at radius 3 is 2.31 bits per heavy atom. The molecule has 0 saturated carbocycles. The van der Waals surface area contributed by atoms with E-state index in [4.69, 9.17) is 4.74 Å². The molecular formula is C18H17F3N2O3. The number of anilines is 2. The number of hydrogen-bond donors (Lipinski definition) is 2. The number of nitrogens with one attached hydrogen (secondary N) is 2. The number of benzene rings is 2. The van der Waals surface area contributed by atoms with Crippen LogP contribution in [0, 0.1) is 6.92 Å². The van der Waals surface area contributed by atoms with Crippen LogP contribution in [0.4, 0.5) is 24.5 Å². The second kappa shape index (κ2) is 7.47. The zero-order valence-corrected chi connectivity index (χ0v) is 14.3. The molecular weight excluding hydrogens is 349 g/mol. The number of aryl methyl sites for hydroxylation is 1. The zero-order chi connectivity index (χ0) is 19.5. The lowest BCUT2D eigenvalue weighted by molar-refractivity contribution is -0.137. The summed E-state index contributed by atoms with van der Waals surface area (Å²) >= 11 is 0. The van der Waals surface area contributed by atoms with Gasteiger partial charge in [-0.1, -0.05) is 6.07 Å². The first-order chi connectivity index (χ1) is 12.1. The fourth-order valence-corrected chi connectivity index (χ4v) is 2.32. The maximum absolute atomic E-state index is 13.3. The molecule has 2 aromatic rings. The van der Waals surface area contributed by atoms with Gasteiger partial charge in [0.05, 0.1) is 18.4 Å². The fourth-order valence-electron chi connectivity index (χ4n) is 2.32. The maximum atomic E-state index is 13.3. The van der Waals surface area contributed by atoms with E-state index in [1.807, 2.05) is 0 Å². The maximum Gasteiger partial charge on any atom is 0.418 e. The quantitative estimate of drug-likeness (QED) is 0.851. The third-order valence-corrected chi connectivity index (χ3v) is 3.56. The minimum atomic E-state index is -4.71. The molecule has 0 aliphatic heterocycles. The van der Waals surface area contributed by atoms with Gasteiger partial charge in [0.15, 0.2) is 0 Å². The van der Waals surface area contributed by atoms with Gasteiger partial charge in [-0.15, -0.1) is 0 Å². The molecule has 2 N–H and O–H groups in total. The summed E-state index contributed by atoms with van der Waals surface area (Å²) in [6.07, 6.45) is -4.71. The van der Waals surface area contributed by atoms with E-state index in [9.17, 15) is 22.8 Å². The highest BCUT2D eigenvalue weighted by Gasteiger charge is 2.34. The van der Waals surface area contributed by atoms with E-state index in [1.54, 1.807) is 13.0 Å². The van der Waals surface area contributed by atoms with Crippen molar-refractivity contribution in [3.8, 4) is 5.75 Å². The Balaban J connectivity index is 2.36. The average molecular weight is 366 g/mol. The van der Waals surface area contributed by atoms with Crippen molar-refractivity contribution in [2.24, 2.45) is 0 Å². The molecule has 0 atom stereocenters. The van der Waals surface area contributed by atoms with E-state index >= 15 is 0 Å². The monoisotopic (exact) mass is 366 g/mol. The van der Waals surface area contributed by atoms with Crippen LogP contribution in [-0.2, 0) is 11.0 Å². The molecule has 0 saturated heterocycles. The number of carbonyl (C=O) groups is 2. The Hall–Kier alpha value is -3.03. The van der Waals surface area contributed by atoms with Gasteiger partial charge in [-0.05, 0) is 42.8 Å². The van der Waals surface area contributed by atoms with Gasteiger partial charge in [-0.25, -0.2) is 0 Å². The van der Waals surface area contributed by atoms with Gasteiger partial charge in [-0.2, -0.15) is 13.2 Å². The minimum absolute atomic E-state index is 0.0140. The molecule has 2 rings (SSSR count). The SMILES string of the molecule is COc1cc(C(=O)Nc2ccc(NC(C)=O)cc2C(F)(F)F)ccc1C. The van der Waals surface area contributed by atoms with E-state index in [0.717, 1.165) is 17.7 Å². The predicted octanol–water partition coefficient (Wildman–Crippen LogP) is 4.23. The molecule has 5 nitrogen and oxygen atoms in total. The van der Waals surface area contributed by atoms with Crippen molar-refractivity contribution in [2.75, 3.05) is 17.7 Å². The van der Waals surface area contributed by atoms with Crippen molar-refractivity contribution < 1.29 is 27.5 Å². The molecule has 2 aromatic carbocycles. The van der Waals surface area contributed by atoms with Crippen LogP contribution in [0.15, 0.2) is 36.4 Å². The fraction of sp³-hybridized carbons (Fsp3) is 0.222. The second-order valence-electron chi connectivity index (χ2n) is 5.58. The average Bonchev–Trinajstić information content (AvgIpc) is 2.55. The summed E-state index contributed by atoms with van der Waals surface area (Å²) in [5, 5.41) is 4.54. The molecule has 0 aliphatic carbocycles. The van der Waals surface area contributed by atoms with E-state index in [-0.39, 0.29) is 11.3 Å². The lowest BCUT2D eigenvalue weighted by atomic mass is 10.1. The van der Waals surface area contributed by atoms with Crippen molar-refractivity contribution in [1.82, 2.24) is 0 Å². The molecule has 2 amide bonds. The van der Waals surface area contributed by atoms with Crippen molar-refractivity contribution >= 4 is 23.2 Å². The van der Waals surface area contributed by atoms with E-state index in [0.29, 0.717) is 5.75 Å². The Labute approximate surface area is 148 Å². The van der Waals surface area contributed by atoms with Crippen LogP contribution in [0.3, 0.4) is 0 Å². The number of ether oxygens (including phenoxy) is 1. The van der Waals surface area contributed by atoms with Crippen molar-refractivity contribution in [2.45, 2.75) is 20.0 Å². The summed E-state index contributed by atoms with van der Waals surface area (Å²) < 4.78 is 45.0. The third kappa shape index (κ3) is 4.53. The normalized spacial score (nSPS) is 11.0. The first-order valence-corrected chi connectivity index (χ1v) is 7.56. The Bertz CT molecular complexity index is 848. The topological polar surface area (TPSA) is 67.4 Å². The molecule has 0 aliphatic rings. The Morgan fingerprint density at radius 2 is 1.73 bits per heavy atom. The molecule has 0 heterocycles. The molecule has 26 heavy (non-hydrogen) atoms. The lowest BCUT2D eigenvalue weighted by Gasteiger charge is -2.16. The van der Waals surface area contributed by atoms with E-state index in [1.165, 1.54) is 32.2 Å². The van der Waals surface area contributed by atoms with Gasteiger partial charge in [-0.3, -0.25) is 9.59 Å². The van der Waals surface area contributed by atoms with Crippen molar-refractivity contribution in [3.05, 3.63) is 53.1 Å². The Kier molecular flexibility index (Phi) is 5.54. The molecule has 8 heteroatoms. The summed E-state index contributed by atoms with van der Waals surface area (Å²) in [6.45, 7) is 2.97. The number of rotatable bonds is 4. The van der Waals surface area contributed by atoms with Crippen molar-refractivity contribution in [1.29, 1.82) is 0 Å². The summed E-state index contributed by atoms with van der Waals surface area (Å²) in [5.41, 5.74) is -0.529. The molecule has 0 radical (unpaired) electrons. The summed E-state index contributed by atoms with van der Waals surface area (Å²) in [7, 11) is 1.44. The highest BCUT2D eigenvalue weighted by atomic mass is 19.4. The van der Waals surface area contributed by atoms with Gasteiger partial charge in [0.2, 0.25) is 5.91 Å². The standard InChI is InChI=1S/C18H17F3N2O3/c1-10-4-5-12(8-16(10)26-3)17(25)23-15-7-6-13(22-11(2)24)9-14(15)18(19,20)21/h4-9H,1-3H3,(H,22,24)(H,23,25). The van der Waals surface area contributed by atoms with Crippen LogP contribution in [0.2, 0.25) is 0 Å². The number of halogens is 3. The smallest absolute Gasteiger partial charge is 0.418 e. The molecule has 0 bridgehead atoms. The predicted molar refractivity (Wildman–Crippen MR) is 91.4 cm³/mol. The lowest BCUT2D eigenvalue weighted by Crippen LogP contribution is -2.17. The second-order valence-corrected chi connectivity index (χ2v) is 5.58. The third-order valence-electron chi connectivity index (χ3n) is 3.56. The van der Waals surface area contributed by atoms with Crippen LogP contribution in [0.5, 0.6) is 5.75 Å². The van der Waals surface area contributed by atoms with E-state index < -0.39 is 29.2 Å². The molecule has 0 spiro atoms. The van der Waals surface area contributed by atoms with E-state index in [2.05, 4.69) is 10.6 Å². The van der Waals surface area contributed by atoms with Gasteiger partial charge in [0, 0.05) is 18.2 Å². The van der Waals surface area contributed by atoms with Gasteiger partial charge >= 0.3 is 6.18 Å². The molecule has 138 valence electrons. The largest absolute Gasteiger partial charge is 0.496 e. The van der Waals surface area contributed by atoms with Crippen LogP contribution < -0.4 is 15.4 Å². The molecule has 0 fully saturated rings. The number of hydrogen-bond acceptors (Lipinski definition) is 3. The zero-order valence-electron chi connectivity index (χ0n) is 14.3. The number of methoxy groups -OCH3 is 1. The molecule has 0 aromatic heterocycles. The summed E-state index contributed by atoms with van der Waals surface area (Å²) in [4.78, 5) is 23.4. The first-order valence-electron chi connectivity index (χ1n) is 7.56. The van der Waals surface area contributed by atoms with Gasteiger partial charge in [0.25, 0.3) is 5.91 Å². The Morgan fingerprint density at radius 1 is 1.04 bits per heavy atom. The van der Waals surface area contributed by atoms with Crippen LogP contribution in [-0.4, -0.2) is 18.9 Å². The van der Waals surface area contributed by atoms with Crippen LogP contribution in [0.1, 0.15) is 28.4 Å². The highest BCUT2D eigenvalue weighted by molar-refractivity contribution is 6.05. The number of alkyl halides is 3. The highest BCUT2D eigenvalue weighted by Crippen LogP contribution is 2.37. The van der Waals surface area contributed by atoms with Gasteiger partial charge < -0.3 is 15.4 Å². The summed E-state index contributed by atoms with van der Waals surface area (Å²) in [6, 6.07) is 7.72. The first kappa shape index (κ1) is 19.3. The van der Waals surface area contributed by atoms with Gasteiger partial charge in [0.1, 0.15) is 5.75 Å². The minimum Gasteiger partial charge on any atom is -0.496 e. The number of amides is 2. The van der Waals surface area contributed by atoms with Crippen LogP contribution in [0.25, 0.3) is 0 Å². The number of carbonyl (C=O) groups excluding carboxylic acids is 2. The molecule has 0 unspecified atom stereocenters. The summed E-state index contributed by atoms with van der Waals surface area (Å²) in [5.74, 6) is -0.752.